The predicted molar refractivity (Wildman–Crippen MR) is 76.9 cm³/mol. The molecule has 0 aromatic rings. The van der Waals surface area contributed by atoms with Gasteiger partial charge in [0.05, 0.1) is 6.04 Å². The molecule has 5 nitrogen and oxygen atoms in total. The van der Waals surface area contributed by atoms with Crippen LogP contribution in [-0.4, -0.2) is 24.2 Å². The zero-order valence-electron chi connectivity index (χ0n) is 12.0. The summed E-state index contributed by atoms with van der Waals surface area (Å²) < 4.78 is 0. The van der Waals surface area contributed by atoms with E-state index in [1.807, 2.05) is 0 Å². The van der Waals surface area contributed by atoms with Crippen LogP contribution in [0.2, 0.25) is 0 Å². The molecule has 2 aliphatic rings. The monoisotopic (exact) mass is 279 g/mol. The average Bonchev–Trinajstić information content (AvgIpc) is 2.43. The summed E-state index contributed by atoms with van der Waals surface area (Å²) in [6.07, 6.45) is 11.9. The number of nitrogens with two attached hydrogens (primary N) is 1. The average molecular weight is 279 g/mol. The summed E-state index contributed by atoms with van der Waals surface area (Å²) in [6.45, 7) is 0. The van der Waals surface area contributed by atoms with Crippen molar-refractivity contribution in [3.8, 4) is 0 Å². The summed E-state index contributed by atoms with van der Waals surface area (Å²) in [5, 5.41) is 2.82. The maximum Gasteiger partial charge on any atom is 0.312 e. The molecule has 0 spiro atoms. The molecular weight excluding hydrogens is 254 g/mol. The van der Waals surface area contributed by atoms with Gasteiger partial charge in [0.15, 0.2) is 0 Å². The topological polar surface area (TPSA) is 84.6 Å². The summed E-state index contributed by atoms with van der Waals surface area (Å²) in [5.41, 5.74) is 5.16. The fourth-order valence-corrected chi connectivity index (χ4v) is 3.80. The number of aliphatic imine (C=N–C) groups is 1. The van der Waals surface area contributed by atoms with Gasteiger partial charge in [-0.25, -0.2) is 14.6 Å². The van der Waals surface area contributed by atoms with Gasteiger partial charge >= 0.3 is 6.03 Å². The van der Waals surface area contributed by atoms with Gasteiger partial charge in [0.1, 0.15) is 0 Å². The van der Waals surface area contributed by atoms with Gasteiger partial charge in [0.25, 0.3) is 0 Å². The molecule has 0 bridgehead atoms. The molecule has 0 atom stereocenters. The lowest BCUT2D eigenvalue weighted by atomic mass is 9.76. The molecule has 0 aromatic carbocycles. The van der Waals surface area contributed by atoms with Crippen LogP contribution in [0, 0.1) is 11.8 Å². The Hall–Kier alpha value is -1.35. The summed E-state index contributed by atoms with van der Waals surface area (Å²) in [5.74, 6) is 1.58. The van der Waals surface area contributed by atoms with Crippen molar-refractivity contribution in [3.63, 3.8) is 0 Å². The minimum absolute atomic E-state index is 0.222. The first-order chi connectivity index (χ1) is 9.67. The van der Waals surface area contributed by atoms with Crippen LogP contribution in [0.25, 0.3) is 0 Å². The van der Waals surface area contributed by atoms with Gasteiger partial charge < -0.3 is 11.1 Å². The molecule has 2 rings (SSSR count). The van der Waals surface area contributed by atoms with Crippen LogP contribution in [0.15, 0.2) is 4.99 Å². The molecule has 2 saturated carbocycles. The van der Waals surface area contributed by atoms with E-state index in [2.05, 4.69) is 10.3 Å². The molecule has 20 heavy (non-hydrogen) atoms. The zero-order chi connectivity index (χ0) is 14.4. The highest BCUT2D eigenvalue weighted by Gasteiger charge is 2.27. The number of isocyanates is 1. The van der Waals surface area contributed by atoms with E-state index in [1.54, 1.807) is 6.08 Å². The number of hydrogen-bond acceptors (Lipinski definition) is 3. The van der Waals surface area contributed by atoms with Crippen molar-refractivity contribution in [1.82, 2.24) is 5.32 Å². The molecule has 2 amide bonds. The van der Waals surface area contributed by atoms with Crippen LogP contribution in [0.3, 0.4) is 0 Å². The molecular formula is C15H25N3O2. The van der Waals surface area contributed by atoms with E-state index in [0.29, 0.717) is 0 Å². The predicted octanol–water partition coefficient (Wildman–Crippen LogP) is 2.50. The van der Waals surface area contributed by atoms with Crippen LogP contribution in [0.1, 0.15) is 57.8 Å². The Morgan fingerprint density at radius 2 is 1.60 bits per heavy atom. The van der Waals surface area contributed by atoms with Gasteiger partial charge in [0, 0.05) is 6.04 Å². The number of primary amides is 1. The van der Waals surface area contributed by atoms with E-state index in [1.165, 1.54) is 32.1 Å². The lowest BCUT2D eigenvalue weighted by Crippen LogP contribution is -2.40. The molecule has 5 heteroatoms. The molecule has 0 heterocycles. The highest BCUT2D eigenvalue weighted by atomic mass is 16.2. The second-order valence-electron chi connectivity index (χ2n) is 6.36. The fourth-order valence-electron chi connectivity index (χ4n) is 3.80. The normalized spacial score (nSPS) is 34.0. The minimum atomic E-state index is -0.400. The third kappa shape index (κ3) is 4.64. The lowest BCUT2D eigenvalue weighted by molar-refractivity contribution is 0.210. The first-order valence-electron chi connectivity index (χ1n) is 7.80. The van der Waals surface area contributed by atoms with Crippen molar-refractivity contribution in [1.29, 1.82) is 0 Å². The Balaban J connectivity index is 1.66. The molecule has 0 aromatic heterocycles. The molecule has 3 N–H and O–H groups in total. The van der Waals surface area contributed by atoms with Crippen LogP contribution < -0.4 is 11.1 Å². The molecule has 2 fully saturated rings. The fraction of sp³-hybridized carbons (Fsp3) is 0.867. The van der Waals surface area contributed by atoms with Crippen LogP contribution in [-0.2, 0) is 4.79 Å². The SMILES string of the molecule is NC(=O)NC1CCC(CC2CCC(N=C=O)CC2)CC1. The van der Waals surface area contributed by atoms with Gasteiger partial charge in [-0.15, -0.1) is 0 Å². The van der Waals surface area contributed by atoms with E-state index < -0.39 is 6.03 Å². The number of amides is 2. The third-order valence-corrected chi connectivity index (χ3v) is 4.91. The Bertz CT molecular complexity index is 363. The molecule has 0 radical (unpaired) electrons. The van der Waals surface area contributed by atoms with Crippen LogP contribution in [0.5, 0.6) is 0 Å². The van der Waals surface area contributed by atoms with Crippen molar-refractivity contribution in [2.24, 2.45) is 22.6 Å². The summed E-state index contributed by atoms with van der Waals surface area (Å²) in [4.78, 5) is 24.9. The molecule has 2 aliphatic carbocycles. The number of carbonyl (C=O) groups excluding carboxylic acids is 2. The largest absolute Gasteiger partial charge is 0.352 e. The number of carbonyl (C=O) groups is 1. The first kappa shape index (κ1) is 15.0. The van der Waals surface area contributed by atoms with Crippen molar-refractivity contribution >= 4 is 12.1 Å². The lowest BCUT2D eigenvalue weighted by Gasteiger charge is -2.33. The van der Waals surface area contributed by atoms with Gasteiger partial charge in [-0.1, -0.05) is 0 Å². The minimum Gasteiger partial charge on any atom is -0.352 e. The second kappa shape index (κ2) is 7.44. The van der Waals surface area contributed by atoms with Crippen molar-refractivity contribution in [3.05, 3.63) is 0 Å². The quantitative estimate of drug-likeness (QED) is 0.612. The van der Waals surface area contributed by atoms with Crippen LogP contribution in [0.4, 0.5) is 4.79 Å². The highest BCUT2D eigenvalue weighted by Crippen LogP contribution is 2.35. The van der Waals surface area contributed by atoms with Gasteiger partial charge in [-0.3, -0.25) is 0 Å². The Morgan fingerprint density at radius 3 is 2.10 bits per heavy atom. The van der Waals surface area contributed by atoms with Crippen molar-refractivity contribution in [2.75, 3.05) is 0 Å². The molecule has 0 saturated heterocycles. The molecule has 0 unspecified atom stereocenters. The van der Waals surface area contributed by atoms with E-state index in [0.717, 1.165) is 37.5 Å². The van der Waals surface area contributed by atoms with E-state index in [-0.39, 0.29) is 12.1 Å². The number of nitrogens with zero attached hydrogens (tertiary/aromatic N) is 1. The zero-order valence-corrected chi connectivity index (χ0v) is 12.0. The second-order valence-corrected chi connectivity index (χ2v) is 6.36. The smallest absolute Gasteiger partial charge is 0.312 e. The number of hydrogen-bond donors (Lipinski definition) is 2. The Morgan fingerprint density at radius 1 is 1.05 bits per heavy atom. The van der Waals surface area contributed by atoms with Crippen molar-refractivity contribution in [2.45, 2.75) is 69.9 Å². The maximum atomic E-state index is 10.8. The van der Waals surface area contributed by atoms with Crippen molar-refractivity contribution < 1.29 is 9.59 Å². The summed E-state index contributed by atoms with van der Waals surface area (Å²) in [6, 6.07) is 0.100. The highest BCUT2D eigenvalue weighted by molar-refractivity contribution is 5.71. The van der Waals surface area contributed by atoms with Gasteiger partial charge in [-0.2, -0.15) is 0 Å². The number of urea groups is 1. The van der Waals surface area contributed by atoms with E-state index in [9.17, 15) is 9.59 Å². The third-order valence-electron chi connectivity index (χ3n) is 4.91. The van der Waals surface area contributed by atoms with Gasteiger partial charge in [-0.05, 0) is 69.6 Å². The van der Waals surface area contributed by atoms with E-state index in [4.69, 9.17) is 5.73 Å². The van der Waals surface area contributed by atoms with Gasteiger partial charge in [0.2, 0.25) is 6.08 Å². The Labute approximate surface area is 120 Å². The summed E-state index contributed by atoms with van der Waals surface area (Å²) >= 11 is 0. The first-order valence-corrected chi connectivity index (χ1v) is 7.80. The number of nitrogens with one attached hydrogen (secondary N) is 1. The van der Waals surface area contributed by atoms with Crippen LogP contribution >= 0.6 is 0 Å². The molecule has 0 aliphatic heterocycles. The number of rotatable bonds is 4. The molecule has 112 valence electrons. The van der Waals surface area contributed by atoms with E-state index >= 15 is 0 Å². The maximum absolute atomic E-state index is 10.8. The summed E-state index contributed by atoms with van der Waals surface area (Å²) in [7, 11) is 0. The standard InChI is InChI=1S/C15H25N3O2/c16-15(20)18-14-7-3-12(4-8-14)9-11-1-5-13(6-2-11)17-10-19/h11-14H,1-9H2,(H3,16,18,20). The Kier molecular flexibility index (Phi) is 5.60.